The highest BCUT2D eigenvalue weighted by atomic mass is 32.2. The molecule has 0 aromatic carbocycles. The molecular weight excluding hydrogens is 252 g/mol. The molecule has 0 atom stereocenters. The van der Waals surface area contributed by atoms with Crippen LogP contribution in [-0.4, -0.2) is 31.0 Å². The zero-order chi connectivity index (χ0) is 13.3. The molecule has 6 nitrogen and oxygen atoms in total. The van der Waals surface area contributed by atoms with E-state index in [-0.39, 0.29) is 10.7 Å². The molecule has 2 rings (SSSR count). The Balaban J connectivity index is 2.32. The molecule has 0 bridgehead atoms. The molecule has 1 fully saturated rings. The first kappa shape index (κ1) is 13.2. The highest BCUT2D eigenvalue weighted by Crippen LogP contribution is 2.31. The van der Waals surface area contributed by atoms with Crippen LogP contribution < -0.4 is 11.1 Å². The van der Waals surface area contributed by atoms with E-state index >= 15 is 0 Å². The van der Waals surface area contributed by atoms with Gasteiger partial charge in [0.25, 0.3) is 0 Å². The van der Waals surface area contributed by atoms with E-state index in [0.29, 0.717) is 18.3 Å². The van der Waals surface area contributed by atoms with Gasteiger partial charge in [-0.05, 0) is 25.2 Å². The summed E-state index contributed by atoms with van der Waals surface area (Å²) >= 11 is 0. The Hall–Kier alpha value is -1.24. The zero-order valence-electron chi connectivity index (χ0n) is 10.8. The maximum atomic E-state index is 11.8. The number of anilines is 2. The summed E-state index contributed by atoms with van der Waals surface area (Å²) in [5.74, 6) is 1.28. The average Bonchev–Trinajstić information content (AvgIpc) is 3.02. The maximum Gasteiger partial charge on any atom is 0.182 e. The molecule has 3 N–H and O–H groups in total. The Morgan fingerprint density at radius 3 is 2.67 bits per heavy atom. The molecule has 0 unspecified atom stereocenters. The van der Waals surface area contributed by atoms with Crippen LogP contribution >= 0.6 is 0 Å². The zero-order valence-corrected chi connectivity index (χ0v) is 11.6. The second kappa shape index (κ2) is 4.79. The van der Waals surface area contributed by atoms with Gasteiger partial charge in [0.1, 0.15) is 5.82 Å². The molecule has 0 aliphatic heterocycles. The molecule has 1 saturated carbocycles. The standard InChI is InChI=1S/C11H20N4O2S/c1-3-6-15-10(12)9(18(2,16)17)11(14-15)13-7-8-4-5-8/h8H,3-7,12H2,1-2H3,(H,13,14). The van der Waals surface area contributed by atoms with Gasteiger partial charge in [0.2, 0.25) is 0 Å². The SMILES string of the molecule is CCCn1nc(NCC2CC2)c(S(C)(=O)=O)c1N. The molecule has 1 aliphatic carbocycles. The van der Waals surface area contributed by atoms with Crippen LogP contribution in [0.4, 0.5) is 11.6 Å². The van der Waals surface area contributed by atoms with Gasteiger partial charge in [-0.1, -0.05) is 6.92 Å². The van der Waals surface area contributed by atoms with Gasteiger partial charge in [0.05, 0.1) is 0 Å². The van der Waals surface area contributed by atoms with E-state index in [1.165, 1.54) is 19.1 Å². The summed E-state index contributed by atoms with van der Waals surface area (Å²) in [7, 11) is -3.36. The van der Waals surface area contributed by atoms with E-state index < -0.39 is 9.84 Å². The lowest BCUT2D eigenvalue weighted by atomic mass is 10.4. The number of sulfone groups is 1. The first-order valence-corrected chi connectivity index (χ1v) is 8.12. The molecule has 1 aromatic rings. The van der Waals surface area contributed by atoms with Crippen molar-refractivity contribution >= 4 is 21.5 Å². The van der Waals surface area contributed by atoms with Crippen LogP contribution in [0.3, 0.4) is 0 Å². The van der Waals surface area contributed by atoms with Gasteiger partial charge in [-0.2, -0.15) is 5.10 Å². The van der Waals surface area contributed by atoms with Gasteiger partial charge in [-0.3, -0.25) is 0 Å². The number of aromatic nitrogens is 2. The molecule has 7 heteroatoms. The van der Waals surface area contributed by atoms with Gasteiger partial charge in [0, 0.05) is 19.3 Å². The molecular formula is C11H20N4O2S. The first-order valence-electron chi connectivity index (χ1n) is 6.23. The fourth-order valence-corrected chi connectivity index (χ4v) is 2.83. The van der Waals surface area contributed by atoms with E-state index in [0.717, 1.165) is 13.0 Å². The van der Waals surface area contributed by atoms with Crippen LogP contribution in [0.15, 0.2) is 4.90 Å². The number of nitrogens with two attached hydrogens (primary N) is 1. The number of aryl methyl sites for hydroxylation is 1. The maximum absolute atomic E-state index is 11.8. The minimum atomic E-state index is -3.36. The second-order valence-electron chi connectivity index (χ2n) is 4.88. The quantitative estimate of drug-likeness (QED) is 0.809. The summed E-state index contributed by atoms with van der Waals surface area (Å²) in [6, 6.07) is 0. The molecule has 0 amide bonds. The lowest BCUT2D eigenvalue weighted by Crippen LogP contribution is -2.08. The van der Waals surface area contributed by atoms with Crippen molar-refractivity contribution in [1.82, 2.24) is 9.78 Å². The van der Waals surface area contributed by atoms with E-state index in [1.807, 2.05) is 6.92 Å². The number of rotatable bonds is 6. The summed E-state index contributed by atoms with van der Waals surface area (Å²) < 4.78 is 25.1. The smallest absolute Gasteiger partial charge is 0.182 e. The van der Waals surface area contributed by atoms with Crippen molar-refractivity contribution in [1.29, 1.82) is 0 Å². The van der Waals surface area contributed by atoms with E-state index in [4.69, 9.17) is 5.73 Å². The van der Waals surface area contributed by atoms with Gasteiger partial charge in [0.15, 0.2) is 20.6 Å². The predicted molar refractivity (Wildman–Crippen MR) is 71.3 cm³/mol. The number of hydrogen-bond acceptors (Lipinski definition) is 5. The topological polar surface area (TPSA) is 90.0 Å². The fourth-order valence-electron chi connectivity index (χ4n) is 1.88. The van der Waals surface area contributed by atoms with Crippen molar-refractivity contribution in [3.63, 3.8) is 0 Å². The van der Waals surface area contributed by atoms with Gasteiger partial charge < -0.3 is 11.1 Å². The fraction of sp³-hybridized carbons (Fsp3) is 0.727. The van der Waals surface area contributed by atoms with Crippen molar-refractivity contribution in [2.45, 2.75) is 37.6 Å². The van der Waals surface area contributed by atoms with E-state index in [2.05, 4.69) is 10.4 Å². The second-order valence-corrected chi connectivity index (χ2v) is 6.84. The number of hydrogen-bond donors (Lipinski definition) is 2. The van der Waals surface area contributed by atoms with Crippen molar-refractivity contribution in [3.05, 3.63) is 0 Å². The summed E-state index contributed by atoms with van der Waals surface area (Å²) in [4.78, 5) is 0.136. The summed E-state index contributed by atoms with van der Waals surface area (Å²) in [6.45, 7) is 3.39. The third-order valence-electron chi connectivity index (χ3n) is 3.01. The van der Waals surface area contributed by atoms with Crippen LogP contribution in [0.1, 0.15) is 26.2 Å². The van der Waals surface area contributed by atoms with E-state index in [9.17, 15) is 8.42 Å². The number of nitrogens with zero attached hydrogens (tertiary/aromatic N) is 2. The molecule has 0 radical (unpaired) electrons. The summed E-state index contributed by atoms with van der Waals surface area (Å²) in [5, 5.41) is 7.38. The monoisotopic (exact) mass is 272 g/mol. The van der Waals surface area contributed by atoms with Crippen LogP contribution in [-0.2, 0) is 16.4 Å². The minimum Gasteiger partial charge on any atom is -0.383 e. The Morgan fingerprint density at radius 2 is 2.17 bits per heavy atom. The van der Waals surface area contributed by atoms with Crippen molar-refractivity contribution in [3.8, 4) is 0 Å². The molecule has 1 aromatic heterocycles. The Kier molecular flexibility index (Phi) is 3.52. The molecule has 1 heterocycles. The highest BCUT2D eigenvalue weighted by Gasteiger charge is 2.26. The minimum absolute atomic E-state index is 0.136. The lowest BCUT2D eigenvalue weighted by Gasteiger charge is -2.03. The van der Waals surface area contributed by atoms with E-state index in [1.54, 1.807) is 4.68 Å². The van der Waals surface area contributed by atoms with Crippen LogP contribution in [0.5, 0.6) is 0 Å². The predicted octanol–water partition coefficient (Wildman–Crippen LogP) is 1.10. The molecule has 0 spiro atoms. The Morgan fingerprint density at radius 1 is 1.50 bits per heavy atom. The lowest BCUT2D eigenvalue weighted by molar-refractivity contribution is 0.600. The number of nitrogen functional groups attached to an aromatic ring is 1. The largest absolute Gasteiger partial charge is 0.383 e. The van der Waals surface area contributed by atoms with Crippen molar-refractivity contribution < 1.29 is 8.42 Å². The highest BCUT2D eigenvalue weighted by molar-refractivity contribution is 7.91. The molecule has 102 valence electrons. The van der Waals surface area contributed by atoms with Gasteiger partial charge in [-0.15, -0.1) is 0 Å². The Bertz CT molecular complexity index is 531. The third kappa shape index (κ3) is 2.77. The number of nitrogens with one attached hydrogen (secondary N) is 1. The molecule has 18 heavy (non-hydrogen) atoms. The third-order valence-corrected chi connectivity index (χ3v) is 4.15. The van der Waals surface area contributed by atoms with Crippen LogP contribution in [0.2, 0.25) is 0 Å². The van der Waals surface area contributed by atoms with Crippen LogP contribution in [0.25, 0.3) is 0 Å². The first-order chi connectivity index (χ1) is 8.43. The van der Waals surface area contributed by atoms with Gasteiger partial charge in [-0.25, -0.2) is 13.1 Å². The van der Waals surface area contributed by atoms with Crippen LogP contribution in [0, 0.1) is 5.92 Å². The van der Waals surface area contributed by atoms with Crippen molar-refractivity contribution in [2.75, 3.05) is 23.9 Å². The Labute approximate surface area is 107 Å². The van der Waals surface area contributed by atoms with Crippen molar-refractivity contribution in [2.24, 2.45) is 5.92 Å². The molecule has 0 saturated heterocycles. The summed E-state index contributed by atoms with van der Waals surface area (Å²) in [5.41, 5.74) is 5.88. The average molecular weight is 272 g/mol. The normalized spacial score (nSPS) is 15.9. The summed E-state index contributed by atoms with van der Waals surface area (Å²) in [6.07, 6.45) is 4.43. The molecule has 1 aliphatic rings. The van der Waals surface area contributed by atoms with Gasteiger partial charge >= 0.3 is 0 Å².